The molecule has 3 rings (SSSR count). The summed E-state index contributed by atoms with van der Waals surface area (Å²) in [7, 11) is -3.70. The Bertz CT molecular complexity index is 950. The highest BCUT2D eigenvalue weighted by Gasteiger charge is 2.18. The number of hydrogen-bond donors (Lipinski definition) is 1. The van der Waals surface area contributed by atoms with Crippen LogP contribution in [0.5, 0.6) is 0 Å². The third-order valence-electron chi connectivity index (χ3n) is 3.31. The summed E-state index contributed by atoms with van der Waals surface area (Å²) in [6.45, 7) is 1.94. The van der Waals surface area contributed by atoms with Gasteiger partial charge in [0.05, 0.1) is 5.52 Å². The number of hydrogen-bond acceptors (Lipinski definition) is 3. The average molecular weight is 377 g/mol. The number of nitrogens with one attached hydrogen (secondary N) is 1. The highest BCUT2D eigenvalue weighted by Crippen LogP contribution is 2.25. The van der Waals surface area contributed by atoms with Gasteiger partial charge in [-0.25, -0.2) is 8.42 Å². The van der Waals surface area contributed by atoms with Crippen LogP contribution in [0.4, 0.5) is 5.69 Å². The number of para-hydroxylation sites is 1. The predicted molar refractivity (Wildman–Crippen MR) is 91.4 cm³/mol. The number of nitrogens with zero attached hydrogens (tertiary/aromatic N) is 1. The van der Waals surface area contributed by atoms with Gasteiger partial charge in [-0.3, -0.25) is 9.71 Å². The number of benzene rings is 2. The van der Waals surface area contributed by atoms with E-state index in [4.69, 9.17) is 0 Å². The van der Waals surface area contributed by atoms with Gasteiger partial charge in [0.15, 0.2) is 0 Å². The van der Waals surface area contributed by atoms with E-state index in [2.05, 4.69) is 25.6 Å². The van der Waals surface area contributed by atoms with E-state index in [0.29, 0.717) is 11.2 Å². The molecule has 1 N–H and O–H groups in total. The minimum atomic E-state index is -3.70. The molecule has 0 aliphatic heterocycles. The van der Waals surface area contributed by atoms with Crippen LogP contribution in [0, 0.1) is 6.92 Å². The number of aromatic nitrogens is 1. The maximum Gasteiger partial charge on any atom is 0.264 e. The average Bonchev–Trinajstić information content (AvgIpc) is 2.50. The molecule has 0 saturated carbocycles. The molecule has 0 radical (unpaired) electrons. The molecule has 0 aliphatic carbocycles. The van der Waals surface area contributed by atoms with Gasteiger partial charge >= 0.3 is 0 Å². The first-order valence-corrected chi connectivity index (χ1v) is 8.88. The minimum absolute atomic E-state index is 0.169. The normalized spacial score (nSPS) is 11.5. The molecular formula is C16H13BrN2O2S. The Hall–Kier alpha value is -1.92. The molecule has 3 aromatic rings. The highest BCUT2D eigenvalue weighted by molar-refractivity contribution is 9.10. The molecule has 0 spiro atoms. The van der Waals surface area contributed by atoms with Gasteiger partial charge in [-0.2, -0.15) is 0 Å². The summed E-state index contributed by atoms with van der Waals surface area (Å²) in [5, 5.41) is 0.787. The number of pyridine rings is 1. The fraction of sp³-hybridized carbons (Fsp3) is 0.0625. The number of sulfonamides is 1. The molecule has 4 nitrogen and oxygen atoms in total. The van der Waals surface area contributed by atoms with Crippen LogP contribution in [0.1, 0.15) is 5.56 Å². The van der Waals surface area contributed by atoms with Gasteiger partial charge in [0.2, 0.25) is 0 Å². The number of rotatable bonds is 3. The van der Waals surface area contributed by atoms with Crippen molar-refractivity contribution in [3.63, 3.8) is 0 Å². The van der Waals surface area contributed by atoms with Gasteiger partial charge in [0.25, 0.3) is 10.0 Å². The number of fused-ring (bicyclic) bond motifs is 1. The molecule has 0 unspecified atom stereocenters. The highest BCUT2D eigenvalue weighted by atomic mass is 79.9. The molecule has 1 heterocycles. The Labute approximate surface area is 137 Å². The number of anilines is 1. The zero-order chi connectivity index (χ0) is 15.7. The lowest BCUT2D eigenvalue weighted by Gasteiger charge is -2.11. The lowest BCUT2D eigenvalue weighted by atomic mass is 10.2. The van der Waals surface area contributed by atoms with E-state index in [9.17, 15) is 8.42 Å². The van der Waals surface area contributed by atoms with Crippen molar-refractivity contribution in [2.45, 2.75) is 11.8 Å². The second-order valence-corrected chi connectivity index (χ2v) is 7.41. The summed E-state index contributed by atoms with van der Waals surface area (Å²) in [5.74, 6) is 0. The summed E-state index contributed by atoms with van der Waals surface area (Å²) >= 11 is 3.40. The van der Waals surface area contributed by atoms with E-state index in [0.717, 1.165) is 15.4 Å². The van der Waals surface area contributed by atoms with Crippen LogP contribution >= 0.6 is 15.9 Å². The lowest BCUT2D eigenvalue weighted by molar-refractivity contribution is 0.602. The second kappa shape index (κ2) is 5.70. The van der Waals surface area contributed by atoms with E-state index in [1.165, 1.54) is 0 Å². The van der Waals surface area contributed by atoms with E-state index >= 15 is 0 Å². The van der Waals surface area contributed by atoms with Crippen molar-refractivity contribution in [2.24, 2.45) is 0 Å². The monoisotopic (exact) mass is 376 g/mol. The lowest BCUT2D eigenvalue weighted by Crippen LogP contribution is -2.13. The molecule has 2 aromatic carbocycles. The van der Waals surface area contributed by atoms with Crippen molar-refractivity contribution in [2.75, 3.05) is 4.72 Å². The molecule has 22 heavy (non-hydrogen) atoms. The van der Waals surface area contributed by atoms with Crippen LogP contribution in [0.3, 0.4) is 0 Å². The van der Waals surface area contributed by atoms with Crippen molar-refractivity contribution in [3.05, 3.63) is 64.8 Å². The molecule has 0 atom stereocenters. The Kier molecular flexibility index (Phi) is 3.88. The fourth-order valence-corrected chi connectivity index (χ4v) is 3.77. The largest absolute Gasteiger partial charge is 0.280 e. The van der Waals surface area contributed by atoms with E-state index in [1.54, 1.807) is 36.5 Å². The third kappa shape index (κ3) is 2.84. The molecule has 0 saturated heterocycles. The summed E-state index contributed by atoms with van der Waals surface area (Å²) in [5.41, 5.74) is 2.00. The first kappa shape index (κ1) is 15.0. The Balaban J connectivity index is 2.07. The van der Waals surface area contributed by atoms with Gasteiger partial charge in [-0.1, -0.05) is 40.2 Å². The Morgan fingerprint density at radius 2 is 1.86 bits per heavy atom. The second-order valence-electron chi connectivity index (χ2n) is 4.90. The smallest absolute Gasteiger partial charge is 0.264 e. The molecule has 6 heteroatoms. The summed E-state index contributed by atoms with van der Waals surface area (Å²) in [4.78, 5) is 4.36. The summed E-state index contributed by atoms with van der Waals surface area (Å²) in [6, 6.07) is 14.0. The topological polar surface area (TPSA) is 59.1 Å². The SMILES string of the molecule is Cc1ccc(NS(=O)(=O)c2cccc3cccnc23)cc1Br. The number of halogens is 1. The van der Waals surface area contributed by atoms with Crippen LogP contribution in [0.2, 0.25) is 0 Å². The van der Waals surface area contributed by atoms with Gasteiger partial charge in [-0.15, -0.1) is 0 Å². The first-order chi connectivity index (χ1) is 10.5. The van der Waals surface area contributed by atoms with Crippen molar-refractivity contribution in [3.8, 4) is 0 Å². The van der Waals surface area contributed by atoms with Crippen molar-refractivity contribution in [1.82, 2.24) is 4.98 Å². The first-order valence-electron chi connectivity index (χ1n) is 6.60. The molecule has 0 amide bonds. The van der Waals surface area contributed by atoms with E-state index in [1.807, 2.05) is 25.1 Å². The Morgan fingerprint density at radius 1 is 1.09 bits per heavy atom. The van der Waals surface area contributed by atoms with Crippen molar-refractivity contribution < 1.29 is 8.42 Å². The van der Waals surface area contributed by atoms with Crippen LogP contribution in [0.25, 0.3) is 10.9 Å². The predicted octanol–water partition coefficient (Wildman–Crippen LogP) is 4.11. The van der Waals surface area contributed by atoms with Gasteiger partial charge < -0.3 is 0 Å². The van der Waals surface area contributed by atoms with Crippen molar-refractivity contribution >= 4 is 42.5 Å². The summed E-state index contributed by atoms with van der Waals surface area (Å²) in [6.07, 6.45) is 1.59. The standard InChI is InChI=1S/C16H13BrN2O2S/c1-11-7-8-13(10-14(11)17)19-22(20,21)15-6-2-4-12-5-3-9-18-16(12)15/h2-10,19H,1H3. The molecule has 1 aromatic heterocycles. The van der Waals surface area contributed by atoms with Crippen LogP contribution in [-0.4, -0.2) is 13.4 Å². The van der Waals surface area contributed by atoms with E-state index in [-0.39, 0.29) is 4.90 Å². The molecule has 0 aliphatic rings. The zero-order valence-corrected chi connectivity index (χ0v) is 14.1. The van der Waals surface area contributed by atoms with Crippen molar-refractivity contribution in [1.29, 1.82) is 0 Å². The number of aryl methyl sites for hydroxylation is 1. The zero-order valence-electron chi connectivity index (χ0n) is 11.7. The van der Waals surface area contributed by atoms with Gasteiger partial charge in [0.1, 0.15) is 4.90 Å². The van der Waals surface area contributed by atoms with E-state index < -0.39 is 10.0 Å². The van der Waals surface area contributed by atoms with Gasteiger partial charge in [0, 0.05) is 21.7 Å². The van der Waals surface area contributed by atoms with Crippen LogP contribution in [-0.2, 0) is 10.0 Å². The fourth-order valence-electron chi connectivity index (χ4n) is 2.16. The van der Waals surface area contributed by atoms with Crippen LogP contribution < -0.4 is 4.72 Å². The third-order valence-corrected chi connectivity index (χ3v) is 5.58. The Morgan fingerprint density at radius 3 is 2.64 bits per heavy atom. The molecule has 0 bridgehead atoms. The minimum Gasteiger partial charge on any atom is -0.280 e. The maximum absolute atomic E-state index is 12.6. The summed E-state index contributed by atoms with van der Waals surface area (Å²) < 4.78 is 28.7. The molecular weight excluding hydrogens is 364 g/mol. The maximum atomic E-state index is 12.6. The molecule has 112 valence electrons. The van der Waals surface area contributed by atoms with Gasteiger partial charge in [-0.05, 0) is 36.8 Å². The van der Waals surface area contributed by atoms with Crippen LogP contribution in [0.15, 0.2) is 64.1 Å². The molecule has 0 fully saturated rings. The quantitative estimate of drug-likeness (QED) is 0.748.